The molecule has 21 heavy (non-hydrogen) atoms. The third kappa shape index (κ3) is 2.17. The van der Waals surface area contributed by atoms with E-state index in [-0.39, 0.29) is 21.7 Å². The quantitative estimate of drug-likeness (QED) is 0.865. The normalized spacial score (nSPS) is 13.3. The lowest BCUT2D eigenvalue weighted by molar-refractivity contribution is 0.0518. The lowest BCUT2D eigenvalue weighted by Gasteiger charge is -2.15. The number of halogens is 1. The molecule has 1 N–H and O–H groups in total. The van der Waals surface area contributed by atoms with E-state index in [9.17, 15) is 14.4 Å². The number of hydrogen-bond donors (Lipinski definition) is 1. The molecule has 6 heteroatoms. The molecule has 2 aromatic carbocycles. The van der Waals surface area contributed by atoms with Crippen molar-refractivity contribution in [3.05, 3.63) is 70.2 Å². The van der Waals surface area contributed by atoms with Crippen LogP contribution >= 0.6 is 11.6 Å². The van der Waals surface area contributed by atoms with E-state index in [0.717, 1.165) is 0 Å². The van der Waals surface area contributed by atoms with Gasteiger partial charge in [-0.1, -0.05) is 35.9 Å². The van der Waals surface area contributed by atoms with Gasteiger partial charge in [0.2, 0.25) is 0 Å². The maximum Gasteiger partial charge on any atom is 0.280 e. The first-order valence-electron chi connectivity index (χ1n) is 6.13. The van der Waals surface area contributed by atoms with Crippen molar-refractivity contribution in [2.75, 3.05) is 0 Å². The molecular weight excluding hydrogens is 292 g/mol. The van der Waals surface area contributed by atoms with Crippen molar-refractivity contribution in [3.63, 3.8) is 0 Å². The topological polar surface area (TPSA) is 66.5 Å². The number of hydrazine groups is 1. The lowest BCUT2D eigenvalue weighted by atomic mass is 10.1. The molecule has 3 amide bonds. The number of imide groups is 1. The van der Waals surface area contributed by atoms with Crippen molar-refractivity contribution in [2.24, 2.45) is 0 Å². The number of carbonyl (C=O) groups is 3. The van der Waals surface area contributed by atoms with Crippen LogP contribution in [0.1, 0.15) is 31.1 Å². The van der Waals surface area contributed by atoms with Crippen LogP contribution in [0.4, 0.5) is 0 Å². The van der Waals surface area contributed by atoms with Crippen LogP contribution in [0, 0.1) is 0 Å². The van der Waals surface area contributed by atoms with Crippen LogP contribution in [-0.4, -0.2) is 22.7 Å². The SMILES string of the molecule is O=C(NN1C(=O)c2ccccc2C1=O)c1ccccc1Cl. The van der Waals surface area contributed by atoms with Crippen LogP contribution in [0.15, 0.2) is 48.5 Å². The molecule has 0 radical (unpaired) electrons. The van der Waals surface area contributed by atoms with E-state index in [2.05, 4.69) is 5.43 Å². The van der Waals surface area contributed by atoms with E-state index in [1.165, 1.54) is 18.2 Å². The van der Waals surface area contributed by atoms with Crippen LogP contribution in [0.2, 0.25) is 5.02 Å². The van der Waals surface area contributed by atoms with Crippen LogP contribution in [-0.2, 0) is 0 Å². The summed E-state index contributed by atoms with van der Waals surface area (Å²) in [4.78, 5) is 36.4. The number of nitrogens with zero attached hydrogens (tertiary/aromatic N) is 1. The maximum atomic E-state index is 12.1. The van der Waals surface area contributed by atoms with E-state index in [1.54, 1.807) is 30.3 Å². The highest BCUT2D eigenvalue weighted by Crippen LogP contribution is 2.21. The average molecular weight is 301 g/mol. The lowest BCUT2D eigenvalue weighted by Crippen LogP contribution is -2.45. The van der Waals surface area contributed by atoms with Gasteiger partial charge in [0.1, 0.15) is 0 Å². The fraction of sp³-hybridized carbons (Fsp3) is 0. The number of hydrogen-bond acceptors (Lipinski definition) is 3. The Morgan fingerprint density at radius 3 is 2.00 bits per heavy atom. The largest absolute Gasteiger partial charge is 0.280 e. The van der Waals surface area contributed by atoms with E-state index in [4.69, 9.17) is 11.6 Å². The van der Waals surface area contributed by atoms with Gasteiger partial charge in [0.25, 0.3) is 17.7 Å². The van der Waals surface area contributed by atoms with Gasteiger partial charge >= 0.3 is 0 Å². The molecule has 0 atom stereocenters. The molecule has 1 aliphatic heterocycles. The van der Waals surface area contributed by atoms with Crippen molar-refractivity contribution in [3.8, 4) is 0 Å². The van der Waals surface area contributed by atoms with Gasteiger partial charge in [-0.05, 0) is 24.3 Å². The summed E-state index contributed by atoms with van der Waals surface area (Å²) in [7, 11) is 0. The van der Waals surface area contributed by atoms with Crippen molar-refractivity contribution < 1.29 is 14.4 Å². The molecule has 2 aromatic rings. The van der Waals surface area contributed by atoms with E-state index in [1.807, 2.05) is 0 Å². The number of benzene rings is 2. The molecule has 0 aliphatic carbocycles. The van der Waals surface area contributed by atoms with Crippen LogP contribution in [0.5, 0.6) is 0 Å². The molecule has 3 rings (SSSR count). The van der Waals surface area contributed by atoms with E-state index < -0.39 is 17.7 Å². The summed E-state index contributed by atoms with van der Waals surface area (Å²) in [5.41, 5.74) is 3.02. The number of rotatable bonds is 2. The Balaban J connectivity index is 1.88. The molecule has 0 spiro atoms. The van der Waals surface area contributed by atoms with Crippen LogP contribution in [0.3, 0.4) is 0 Å². The summed E-state index contributed by atoms with van der Waals surface area (Å²) < 4.78 is 0. The zero-order valence-electron chi connectivity index (χ0n) is 10.7. The Morgan fingerprint density at radius 2 is 1.43 bits per heavy atom. The average Bonchev–Trinajstić information content (AvgIpc) is 2.73. The Morgan fingerprint density at radius 1 is 0.905 bits per heavy atom. The predicted octanol–water partition coefficient (Wildman–Crippen LogP) is 2.28. The van der Waals surface area contributed by atoms with Gasteiger partial charge in [-0.25, -0.2) is 0 Å². The molecule has 5 nitrogen and oxygen atoms in total. The summed E-state index contributed by atoms with van der Waals surface area (Å²) in [6.07, 6.45) is 0. The number of nitrogens with one attached hydrogen (secondary N) is 1. The van der Waals surface area contributed by atoms with Gasteiger partial charge in [-0.15, -0.1) is 0 Å². The molecule has 1 aliphatic rings. The molecule has 0 saturated carbocycles. The first-order chi connectivity index (χ1) is 10.1. The maximum absolute atomic E-state index is 12.1. The van der Waals surface area contributed by atoms with E-state index >= 15 is 0 Å². The Hall–Kier alpha value is -2.66. The number of fused-ring (bicyclic) bond motifs is 1. The molecule has 0 aromatic heterocycles. The van der Waals surface area contributed by atoms with Gasteiger partial charge in [0, 0.05) is 0 Å². The Labute approximate surface area is 125 Å². The second-order valence-electron chi connectivity index (χ2n) is 4.41. The second-order valence-corrected chi connectivity index (χ2v) is 4.82. The highest BCUT2D eigenvalue weighted by Gasteiger charge is 2.36. The minimum Gasteiger partial charge on any atom is -0.267 e. The predicted molar refractivity (Wildman–Crippen MR) is 75.9 cm³/mol. The zero-order valence-corrected chi connectivity index (χ0v) is 11.4. The first kappa shape index (κ1) is 13.3. The number of amides is 3. The summed E-state index contributed by atoms with van der Waals surface area (Å²) in [5.74, 6) is -1.73. The molecule has 0 unspecified atom stereocenters. The van der Waals surface area contributed by atoms with Crippen molar-refractivity contribution >= 4 is 29.3 Å². The van der Waals surface area contributed by atoms with Crippen molar-refractivity contribution in [1.82, 2.24) is 10.4 Å². The Kier molecular flexibility index (Phi) is 3.19. The summed E-state index contributed by atoms with van der Waals surface area (Å²) in [5, 5.41) is 0.947. The first-order valence-corrected chi connectivity index (χ1v) is 6.50. The molecular formula is C15H9ClN2O3. The standard InChI is InChI=1S/C15H9ClN2O3/c16-12-8-4-3-7-11(12)13(19)17-18-14(20)9-5-1-2-6-10(9)15(18)21/h1-8H,(H,17,19). The monoisotopic (exact) mass is 300 g/mol. The third-order valence-electron chi connectivity index (χ3n) is 3.13. The van der Waals surface area contributed by atoms with Crippen molar-refractivity contribution in [2.45, 2.75) is 0 Å². The number of carbonyl (C=O) groups excluding carboxylic acids is 3. The minimum atomic E-state index is -0.616. The van der Waals surface area contributed by atoms with Crippen LogP contribution < -0.4 is 5.43 Å². The molecule has 0 fully saturated rings. The molecule has 1 heterocycles. The molecule has 0 saturated heterocycles. The summed E-state index contributed by atoms with van der Waals surface area (Å²) >= 11 is 5.92. The smallest absolute Gasteiger partial charge is 0.267 e. The molecule has 104 valence electrons. The highest BCUT2D eigenvalue weighted by atomic mass is 35.5. The van der Waals surface area contributed by atoms with Gasteiger partial charge < -0.3 is 0 Å². The van der Waals surface area contributed by atoms with Gasteiger partial charge in [0.15, 0.2) is 0 Å². The van der Waals surface area contributed by atoms with Crippen LogP contribution in [0.25, 0.3) is 0 Å². The highest BCUT2D eigenvalue weighted by molar-refractivity contribution is 6.34. The zero-order chi connectivity index (χ0) is 15.0. The Bertz CT molecular complexity index is 738. The van der Waals surface area contributed by atoms with Gasteiger partial charge in [0.05, 0.1) is 21.7 Å². The van der Waals surface area contributed by atoms with Gasteiger partial charge in [-0.3, -0.25) is 19.8 Å². The van der Waals surface area contributed by atoms with Crippen molar-refractivity contribution in [1.29, 1.82) is 0 Å². The summed E-state index contributed by atoms with van der Waals surface area (Å²) in [6.45, 7) is 0. The fourth-order valence-corrected chi connectivity index (χ4v) is 2.32. The van der Waals surface area contributed by atoms with Gasteiger partial charge in [-0.2, -0.15) is 5.01 Å². The fourth-order valence-electron chi connectivity index (χ4n) is 2.10. The second kappa shape index (κ2) is 5.03. The molecule has 0 bridgehead atoms. The third-order valence-corrected chi connectivity index (χ3v) is 3.46. The summed E-state index contributed by atoms with van der Waals surface area (Å²) in [6, 6.07) is 12.8. The minimum absolute atomic E-state index is 0.190. The van der Waals surface area contributed by atoms with E-state index in [0.29, 0.717) is 5.01 Å².